The zero-order chi connectivity index (χ0) is 41.7. The molecule has 4 atom stereocenters. The number of aromatic amines is 2. The highest BCUT2D eigenvalue weighted by atomic mass is 16.5. The third-order valence-corrected chi connectivity index (χ3v) is 9.87. The highest BCUT2D eigenvalue weighted by Crippen LogP contribution is 2.39. The summed E-state index contributed by atoms with van der Waals surface area (Å²) in [4.78, 5) is 73.7. The minimum Gasteiger partial charge on any atom is -0.465 e. The van der Waals surface area contributed by atoms with Crippen LogP contribution in [0.4, 0.5) is 0 Å². The van der Waals surface area contributed by atoms with Crippen molar-refractivity contribution in [3.63, 3.8) is 0 Å². The lowest BCUT2D eigenvalue weighted by Gasteiger charge is -2.30. The first-order valence-corrected chi connectivity index (χ1v) is 18.8. The molecule has 0 fully saturated rings. The van der Waals surface area contributed by atoms with E-state index in [1.165, 1.54) is 23.5 Å². The summed E-state index contributed by atoms with van der Waals surface area (Å²) >= 11 is 0. The van der Waals surface area contributed by atoms with E-state index < -0.39 is 45.7 Å². The van der Waals surface area contributed by atoms with Crippen LogP contribution in [0.3, 0.4) is 0 Å². The SMILES string of the molecule is Cn1c(=O)[nH]n([C@H]2C(CCOC(=O)C(C)(C)C)=CC=C[C@@H]2c2ccccc2)c1=O.Cn1c(=O)[nH]n([C@H]2C(COC(=O)C(C)(C)C)=CC=C[C@@H]2c2ccccc2)c1=O. The number of carbonyl (C=O) groups is 2. The largest absolute Gasteiger partial charge is 0.465 e. The topological polar surface area (TPSA) is 172 Å². The van der Waals surface area contributed by atoms with Crippen molar-refractivity contribution in [1.29, 1.82) is 0 Å². The van der Waals surface area contributed by atoms with Crippen LogP contribution in [0.15, 0.2) is 127 Å². The molecule has 2 N–H and O–H groups in total. The number of esters is 2. The van der Waals surface area contributed by atoms with Crippen molar-refractivity contribution < 1.29 is 19.1 Å². The highest BCUT2D eigenvalue weighted by molar-refractivity contribution is 5.75. The zero-order valence-electron chi connectivity index (χ0n) is 33.7. The number of H-pyrrole nitrogens is 2. The lowest BCUT2D eigenvalue weighted by atomic mass is 9.82. The number of aromatic nitrogens is 6. The van der Waals surface area contributed by atoms with Gasteiger partial charge in [-0.1, -0.05) is 97.1 Å². The van der Waals surface area contributed by atoms with E-state index in [4.69, 9.17) is 9.47 Å². The van der Waals surface area contributed by atoms with Gasteiger partial charge < -0.3 is 9.47 Å². The van der Waals surface area contributed by atoms with Crippen molar-refractivity contribution in [1.82, 2.24) is 28.7 Å². The van der Waals surface area contributed by atoms with E-state index in [-0.39, 0.29) is 37.0 Å². The first-order chi connectivity index (χ1) is 26.9. The van der Waals surface area contributed by atoms with Gasteiger partial charge in [0.1, 0.15) is 6.61 Å². The molecule has 57 heavy (non-hydrogen) atoms. The number of allylic oxidation sites excluding steroid dienone is 6. The standard InChI is InChI=1S/C22H27N3O4.C21H25N3O4/c1-22(2,3)19(26)29-14-13-16-11-8-12-17(15-9-6-5-7-10-15)18(16)25-21(28)24(4)20(27)23-25;1-21(2,3)18(25)28-13-15-11-8-12-16(14-9-6-5-7-10-14)17(15)24-20(27)23(4)19(26)22-24/h5-12,17-18H,13-14H2,1-4H3,(H,23,27);5-12,16-17H,13H2,1-4H3,(H,22,26)/t17-,18+;16-,17+/m11/s1. The van der Waals surface area contributed by atoms with Crippen molar-refractivity contribution in [3.05, 3.63) is 161 Å². The number of hydrogen-bond donors (Lipinski definition) is 2. The molecule has 2 aliphatic carbocycles. The van der Waals surface area contributed by atoms with Gasteiger partial charge in [-0.05, 0) is 63.8 Å². The summed E-state index contributed by atoms with van der Waals surface area (Å²) in [5.74, 6) is -0.923. The number of ether oxygens (including phenoxy) is 2. The Hall–Kier alpha value is -6.18. The normalized spacial score (nSPS) is 19.2. The van der Waals surface area contributed by atoms with Gasteiger partial charge in [-0.25, -0.2) is 47.9 Å². The van der Waals surface area contributed by atoms with Crippen LogP contribution in [-0.4, -0.2) is 53.8 Å². The maximum Gasteiger partial charge on any atom is 0.347 e. The molecule has 302 valence electrons. The Kier molecular flexibility index (Phi) is 12.7. The maximum atomic E-state index is 12.7. The second-order valence-electron chi connectivity index (χ2n) is 16.2. The van der Waals surface area contributed by atoms with Gasteiger partial charge in [-0.3, -0.25) is 9.59 Å². The number of nitrogens with zero attached hydrogens (tertiary/aromatic N) is 4. The zero-order valence-corrected chi connectivity index (χ0v) is 33.7. The Morgan fingerprint density at radius 3 is 1.42 bits per heavy atom. The summed E-state index contributed by atoms with van der Waals surface area (Å²) in [6.07, 6.45) is 12.0. The van der Waals surface area contributed by atoms with Crippen LogP contribution in [0, 0.1) is 10.8 Å². The lowest BCUT2D eigenvalue weighted by Crippen LogP contribution is -2.34. The van der Waals surface area contributed by atoms with E-state index >= 15 is 0 Å². The Morgan fingerprint density at radius 2 is 1.02 bits per heavy atom. The molecular weight excluding hydrogens is 729 g/mol. The van der Waals surface area contributed by atoms with Crippen molar-refractivity contribution >= 4 is 11.9 Å². The summed E-state index contributed by atoms with van der Waals surface area (Å²) in [5, 5.41) is 5.29. The summed E-state index contributed by atoms with van der Waals surface area (Å²) in [6, 6.07) is 18.6. The third-order valence-electron chi connectivity index (χ3n) is 9.87. The molecule has 0 spiro atoms. The second-order valence-corrected chi connectivity index (χ2v) is 16.2. The Labute approximate surface area is 330 Å². The molecular formula is C43H52N6O8. The maximum absolute atomic E-state index is 12.7. The summed E-state index contributed by atoms with van der Waals surface area (Å²) < 4.78 is 15.7. The average Bonchev–Trinajstić information content (AvgIpc) is 3.59. The van der Waals surface area contributed by atoms with Gasteiger partial charge in [-0.15, -0.1) is 0 Å². The monoisotopic (exact) mass is 780 g/mol. The first kappa shape index (κ1) is 42.0. The summed E-state index contributed by atoms with van der Waals surface area (Å²) in [6.45, 7) is 11.0. The number of nitrogens with one attached hydrogen (secondary N) is 2. The predicted molar refractivity (Wildman–Crippen MR) is 217 cm³/mol. The smallest absolute Gasteiger partial charge is 0.347 e. The minimum atomic E-state index is -0.628. The second kappa shape index (κ2) is 17.3. The Morgan fingerprint density at radius 1 is 0.614 bits per heavy atom. The molecule has 0 unspecified atom stereocenters. The van der Waals surface area contributed by atoms with E-state index in [2.05, 4.69) is 10.2 Å². The first-order valence-electron chi connectivity index (χ1n) is 18.8. The van der Waals surface area contributed by atoms with E-state index in [1.807, 2.05) is 97.1 Å². The van der Waals surface area contributed by atoms with Gasteiger partial charge in [0, 0.05) is 32.4 Å². The number of rotatable bonds is 9. The molecule has 0 amide bonds. The van der Waals surface area contributed by atoms with Gasteiger partial charge in [0.15, 0.2) is 0 Å². The van der Waals surface area contributed by atoms with Crippen molar-refractivity contribution in [3.8, 4) is 0 Å². The molecule has 6 rings (SSSR count). The number of benzene rings is 2. The molecule has 0 bridgehead atoms. The molecule has 14 nitrogen and oxygen atoms in total. The summed E-state index contributed by atoms with van der Waals surface area (Å²) in [5.41, 5.74) is 0.659. The van der Waals surface area contributed by atoms with Crippen molar-refractivity contribution in [2.75, 3.05) is 13.2 Å². The predicted octanol–water partition coefficient (Wildman–Crippen LogP) is 4.96. The fraction of sp³-hybridized carbons (Fsp3) is 0.395. The van der Waals surface area contributed by atoms with Gasteiger partial charge in [-0.2, -0.15) is 0 Å². The molecule has 0 radical (unpaired) electrons. The van der Waals surface area contributed by atoms with E-state index in [9.17, 15) is 28.8 Å². The van der Waals surface area contributed by atoms with Crippen molar-refractivity contribution in [2.24, 2.45) is 24.9 Å². The molecule has 2 aliphatic rings. The molecule has 4 aromatic rings. The fourth-order valence-electron chi connectivity index (χ4n) is 6.59. The fourth-order valence-corrected chi connectivity index (χ4v) is 6.59. The average molecular weight is 781 g/mol. The third kappa shape index (κ3) is 9.62. The van der Waals surface area contributed by atoms with Gasteiger partial charge in [0.2, 0.25) is 0 Å². The number of carbonyl (C=O) groups excluding carboxylic acids is 2. The van der Waals surface area contributed by atoms with E-state index in [1.54, 1.807) is 41.5 Å². The van der Waals surface area contributed by atoms with Crippen LogP contribution in [0.2, 0.25) is 0 Å². The number of hydrogen-bond acceptors (Lipinski definition) is 8. The van der Waals surface area contributed by atoms with Crippen LogP contribution >= 0.6 is 0 Å². The van der Waals surface area contributed by atoms with Crippen LogP contribution in [-0.2, 0) is 33.2 Å². The van der Waals surface area contributed by atoms with Crippen LogP contribution in [0.1, 0.15) is 83.0 Å². The molecule has 2 aromatic carbocycles. The van der Waals surface area contributed by atoms with E-state index in [0.717, 1.165) is 31.4 Å². The molecule has 0 saturated carbocycles. The van der Waals surface area contributed by atoms with E-state index in [0.29, 0.717) is 6.42 Å². The summed E-state index contributed by atoms with van der Waals surface area (Å²) in [7, 11) is 2.87. The van der Waals surface area contributed by atoms with Crippen molar-refractivity contribution in [2.45, 2.75) is 71.9 Å². The van der Waals surface area contributed by atoms with Crippen LogP contribution in [0.5, 0.6) is 0 Å². The molecule has 0 saturated heterocycles. The van der Waals surface area contributed by atoms with Gasteiger partial charge in [0.25, 0.3) is 0 Å². The molecule has 14 heteroatoms. The quantitative estimate of drug-likeness (QED) is 0.225. The Bertz CT molecular complexity index is 2420. The highest BCUT2D eigenvalue weighted by Gasteiger charge is 2.34. The lowest BCUT2D eigenvalue weighted by molar-refractivity contribution is -0.153. The van der Waals surface area contributed by atoms with Crippen LogP contribution < -0.4 is 22.8 Å². The Balaban J connectivity index is 0.000000218. The van der Waals surface area contributed by atoms with Gasteiger partial charge in [0.05, 0.1) is 29.5 Å². The minimum absolute atomic E-state index is 0.0395. The van der Waals surface area contributed by atoms with Gasteiger partial charge >= 0.3 is 34.7 Å². The van der Waals surface area contributed by atoms with Crippen LogP contribution in [0.25, 0.3) is 0 Å². The molecule has 2 aromatic heterocycles. The molecule has 2 heterocycles. The molecule has 0 aliphatic heterocycles.